The largest absolute Gasteiger partial charge is 0.285 e. The molecule has 0 unspecified atom stereocenters. The smallest absolute Gasteiger partial charge is 0.269 e. The van der Waals surface area contributed by atoms with Crippen LogP contribution >= 0.6 is 35.5 Å². The lowest BCUT2D eigenvalue weighted by molar-refractivity contribution is -0.384. The molecule has 0 saturated carbocycles. The molecule has 9 heteroatoms. The molecule has 1 heterocycles. The summed E-state index contributed by atoms with van der Waals surface area (Å²) in [6.07, 6.45) is 0. The molecule has 1 aromatic rings. The van der Waals surface area contributed by atoms with Crippen LogP contribution in [0.1, 0.15) is 47.1 Å². The number of thioether (sulfide) groups is 2. The molecule has 1 aliphatic heterocycles. The van der Waals surface area contributed by atoms with Gasteiger partial charge in [-0.2, -0.15) is 9.52 Å². The number of carbonyl (C=O) groups excluding carboxylic acids is 1. The maximum atomic E-state index is 13.5. The first-order valence-electron chi connectivity index (χ1n) is 8.77. The van der Waals surface area contributed by atoms with Crippen molar-refractivity contribution in [3.63, 3.8) is 0 Å². The topological polar surface area (TPSA) is 75.8 Å². The van der Waals surface area contributed by atoms with Crippen LogP contribution in [0.4, 0.5) is 5.69 Å². The Labute approximate surface area is 173 Å². The Balaban J connectivity index is 2.63. The average Bonchev–Trinajstić information content (AvgIpc) is 2.79. The van der Waals surface area contributed by atoms with Crippen LogP contribution in [0, 0.1) is 10.1 Å². The summed E-state index contributed by atoms with van der Waals surface area (Å²) in [5, 5.41) is 16.4. The maximum absolute atomic E-state index is 13.5. The Kier molecular flexibility index (Phi) is 7.27. The van der Waals surface area contributed by atoms with Crippen LogP contribution in [0.25, 0.3) is 0 Å². The number of nitro benzene ring substituents is 1. The van der Waals surface area contributed by atoms with E-state index in [4.69, 9.17) is 0 Å². The molecule has 0 fully saturated rings. The predicted octanol–water partition coefficient (Wildman–Crippen LogP) is 5.18. The maximum Gasteiger partial charge on any atom is 0.285 e. The third kappa shape index (κ3) is 5.00. The Morgan fingerprint density at radius 2 is 1.67 bits per heavy atom. The molecule has 1 aliphatic rings. The number of hydrogen-bond donors (Lipinski definition) is 0. The number of hydrazone groups is 1. The quantitative estimate of drug-likeness (QED) is 0.246. The summed E-state index contributed by atoms with van der Waals surface area (Å²) in [5.41, 5.74) is 1.20. The number of rotatable bonds is 8. The fraction of sp³-hybridized carbons (Fsp3) is 0.556. The van der Waals surface area contributed by atoms with Crippen LogP contribution < -0.4 is 0 Å². The Hall–Kier alpha value is -1.19. The third-order valence-corrected chi connectivity index (χ3v) is 7.19. The van der Waals surface area contributed by atoms with Crippen molar-refractivity contribution < 1.29 is 9.72 Å². The Morgan fingerprint density at radius 1 is 1.07 bits per heavy atom. The van der Waals surface area contributed by atoms with E-state index in [-0.39, 0.29) is 27.3 Å². The van der Waals surface area contributed by atoms with E-state index in [0.29, 0.717) is 11.3 Å². The molecule has 148 valence electrons. The zero-order chi connectivity index (χ0) is 20.4. The van der Waals surface area contributed by atoms with Crippen molar-refractivity contribution >= 4 is 52.8 Å². The summed E-state index contributed by atoms with van der Waals surface area (Å²) < 4.78 is 0.545. The van der Waals surface area contributed by atoms with Crippen molar-refractivity contribution in [3.8, 4) is 0 Å². The molecule has 0 spiro atoms. The molecule has 0 aliphatic carbocycles. The van der Waals surface area contributed by atoms with E-state index in [1.807, 2.05) is 41.5 Å². The summed E-state index contributed by atoms with van der Waals surface area (Å²) in [6.45, 7) is 12.2. The summed E-state index contributed by atoms with van der Waals surface area (Å²) in [6, 6.07) is 6.39. The van der Waals surface area contributed by atoms with Crippen LogP contribution in [0.2, 0.25) is 0 Å². The molecule has 0 N–H and O–H groups in total. The van der Waals surface area contributed by atoms with Gasteiger partial charge in [0, 0.05) is 33.4 Å². The van der Waals surface area contributed by atoms with Crippen molar-refractivity contribution in [2.45, 2.75) is 61.4 Å². The summed E-state index contributed by atoms with van der Waals surface area (Å²) in [4.78, 5) is 24.3. The zero-order valence-electron chi connectivity index (χ0n) is 16.3. The van der Waals surface area contributed by atoms with Gasteiger partial charge in [0.25, 0.3) is 11.6 Å². The summed E-state index contributed by atoms with van der Waals surface area (Å²) in [5.74, 6) is -0.0832. The lowest BCUT2D eigenvalue weighted by Gasteiger charge is -2.31. The fourth-order valence-electron chi connectivity index (χ4n) is 2.62. The SMILES string of the molecule is CC(C)SN1N=C(c2cccc([N+](=O)[O-])c2)C(SC(C)C)(SC(C)C)C1=O. The molecule has 1 aromatic carbocycles. The Bertz CT molecular complexity index is 740. The lowest BCUT2D eigenvalue weighted by Crippen LogP contribution is -2.42. The van der Waals surface area contributed by atoms with E-state index < -0.39 is 9.00 Å². The fourth-order valence-corrected chi connectivity index (χ4v) is 7.12. The molecule has 6 nitrogen and oxygen atoms in total. The van der Waals surface area contributed by atoms with Crippen LogP contribution in [0.3, 0.4) is 0 Å². The first-order valence-corrected chi connectivity index (χ1v) is 11.4. The number of non-ortho nitro benzene ring substituents is 1. The third-order valence-electron chi connectivity index (χ3n) is 3.40. The van der Waals surface area contributed by atoms with E-state index in [9.17, 15) is 14.9 Å². The van der Waals surface area contributed by atoms with Crippen molar-refractivity contribution in [2.75, 3.05) is 0 Å². The van der Waals surface area contributed by atoms with E-state index in [0.717, 1.165) is 0 Å². The van der Waals surface area contributed by atoms with Gasteiger partial charge in [-0.1, -0.05) is 53.7 Å². The molecule has 0 bridgehead atoms. The molecule has 0 saturated heterocycles. The van der Waals surface area contributed by atoms with Crippen LogP contribution in [-0.4, -0.2) is 40.8 Å². The highest BCUT2D eigenvalue weighted by molar-refractivity contribution is 8.21. The number of nitrogens with zero attached hydrogens (tertiary/aromatic N) is 3. The van der Waals surface area contributed by atoms with E-state index >= 15 is 0 Å². The van der Waals surface area contributed by atoms with Crippen molar-refractivity contribution in [2.24, 2.45) is 5.10 Å². The first-order chi connectivity index (χ1) is 12.6. The minimum absolute atomic E-state index is 0.00407. The minimum Gasteiger partial charge on any atom is -0.269 e. The van der Waals surface area contributed by atoms with Crippen LogP contribution in [0.5, 0.6) is 0 Å². The van der Waals surface area contributed by atoms with E-state index in [2.05, 4.69) is 5.10 Å². The van der Waals surface area contributed by atoms with Gasteiger partial charge in [-0.3, -0.25) is 14.9 Å². The van der Waals surface area contributed by atoms with Crippen molar-refractivity contribution in [3.05, 3.63) is 39.9 Å². The molecule has 1 amide bonds. The van der Waals surface area contributed by atoms with E-state index in [1.165, 1.54) is 28.5 Å². The molecule has 27 heavy (non-hydrogen) atoms. The monoisotopic (exact) mass is 427 g/mol. The normalized spacial score (nSPS) is 16.6. The highest BCUT2D eigenvalue weighted by atomic mass is 32.2. The molecular formula is C18H25N3O3S3. The van der Waals surface area contributed by atoms with Crippen LogP contribution in [-0.2, 0) is 4.79 Å². The minimum atomic E-state index is -0.917. The summed E-state index contributed by atoms with van der Waals surface area (Å²) >= 11 is 4.47. The van der Waals surface area contributed by atoms with E-state index in [1.54, 1.807) is 35.7 Å². The van der Waals surface area contributed by atoms with Gasteiger partial charge >= 0.3 is 0 Å². The van der Waals surface area contributed by atoms with Gasteiger partial charge in [0.05, 0.1) is 4.92 Å². The molecule has 2 rings (SSSR count). The highest BCUT2D eigenvalue weighted by Crippen LogP contribution is 2.50. The van der Waals surface area contributed by atoms with Gasteiger partial charge in [0.2, 0.25) is 0 Å². The number of nitro groups is 1. The predicted molar refractivity (Wildman–Crippen MR) is 117 cm³/mol. The zero-order valence-corrected chi connectivity index (χ0v) is 18.8. The lowest BCUT2D eigenvalue weighted by atomic mass is 10.1. The second-order valence-electron chi connectivity index (χ2n) is 6.94. The number of amides is 1. The number of hydrogen-bond acceptors (Lipinski definition) is 7. The standard InChI is InChI=1S/C18H25N3O3S3/c1-11(2)25-18(26-12(3)4)16(19-20(17(18)22)27-13(5)6)14-8-7-9-15(10-14)21(23)24/h7-13H,1-6H3. The molecule has 0 atom stereocenters. The second kappa shape index (κ2) is 8.87. The average molecular weight is 428 g/mol. The Morgan fingerprint density at radius 3 is 2.15 bits per heavy atom. The molecular weight excluding hydrogens is 402 g/mol. The van der Waals surface area contributed by atoms with Gasteiger partial charge in [0.1, 0.15) is 5.71 Å². The highest BCUT2D eigenvalue weighted by Gasteiger charge is 2.54. The van der Waals surface area contributed by atoms with Gasteiger partial charge in [-0.25, -0.2) is 0 Å². The van der Waals surface area contributed by atoms with Crippen LogP contribution in [0.15, 0.2) is 29.4 Å². The first kappa shape index (κ1) is 22.1. The molecule has 0 radical (unpaired) electrons. The van der Waals surface area contributed by atoms with Crippen molar-refractivity contribution in [1.82, 2.24) is 4.41 Å². The molecule has 0 aromatic heterocycles. The second-order valence-corrected chi connectivity index (χ2v) is 12.3. The van der Waals surface area contributed by atoms with Gasteiger partial charge in [-0.05, 0) is 11.9 Å². The van der Waals surface area contributed by atoms with Gasteiger partial charge in [0.15, 0.2) is 4.08 Å². The van der Waals surface area contributed by atoms with Crippen molar-refractivity contribution in [1.29, 1.82) is 0 Å². The van der Waals surface area contributed by atoms with Gasteiger partial charge in [-0.15, -0.1) is 23.5 Å². The van der Waals surface area contributed by atoms with Gasteiger partial charge < -0.3 is 0 Å². The number of carbonyl (C=O) groups is 1. The number of benzene rings is 1. The summed E-state index contributed by atoms with van der Waals surface area (Å²) in [7, 11) is 0.